The Morgan fingerprint density at radius 3 is 2.00 bits per heavy atom. The molecule has 0 unspecified atom stereocenters. The van der Waals surface area contributed by atoms with E-state index >= 15 is 0 Å². The molecule has 0 saturated carbocycles. The maximum atomic E-state index is 12.0. The molecule has 2 aromatic rings. The number of esters is 2. The molecule has 3 N–H and O–H groups in total. The second kappa shape index (κ2) is 15.7. The average molecular weight is 513 g/mol. The predicted molar refractivity (Wildman–Crippen MR) is 129 cm³/mol. The van der Waals surface area contributed by atoms with Crippen molar-refractivity contribution in [2.45, 2.75) is 40.0 Å². The molecule has 6 heteroatoms. The van der Waals surface area contributed by atoms with E-state index in [2.05, 4.69) is 13.5 Å². The molecule has 29 heavy (non-hydrogen) atoms. The summed E-state index contributed by atoms with van der Waals surface area (Å²) in [6.45, 7) is 5.98. The topological polar surface area (TPSA) is 87.6 Å². The van der Waals surface area contributed by atoms with Crippen LogP contribution in [0.15, 0.2) is 61.2 Å². The molecule has 0 aliphatic heterocycles. The second-order valence-electron chi connectivity index (χ2n) is 5.92. The van der Waals surface area contributed by atoms with E-state index in [1.54, 1.807) is 24.3 Å². The summed E-state index contributed by atoms with van der Waals surface area (Å²) < 4.78 is 10.3. The molecule has 0 fully saturated rings. The van der Waals surface area contributed by atoms with E-state index in [1.807, 2.05) is 24.3 Å². The zero-order valence-electron chi connectivity index (χ0n) is 16.2. The van der Waals surface area contributed by atoms with Crippen LogP contribution < -0.4 is 10.9 Å². The molecule has 0 aromatic heterocycles. The van der Waals surface area contributed by atoms with Crippen molar-refractivity contribution in [3.05, 3.63) is 66.7 Å². The number of rotatable bonds is 9. The molecule has 0 spiro atoms. The summed E-state index contributed by atoms with van der Waals surface area (Å²) in [6.07, 6.45) is 5.43. The fourth-order valence-corrected chi connectivity index (χ4v) is 2.45. The number of ether oxygens (including phenoxy) is 2. The fourth-order valence-electron chi connectivity index (χ4n) is 2.45. The Morgan fingerprint density at radius 2 is 1.48 bits per heavy atom. The summed E-state index contributed by atoms with van der Waals surface area (Å²) in [5.41, 5.74) is 2.47. The Kier molecular flexibility index (Phi) is 15.7. The minimum absolute atomic E-state index is 0. The summed E-state index contributed by atoms with van der Waals surface area (Å²) in [5, 5.41) is 0. The van der Waals surface area contributed by atoms with Crippen LogP contribution >= 0.6 is 24.0 Å². The van der Waals surface area contributed by atoms with Crippen molar-refractivity contribution in [2.75, 3.05) is 6.61 Å². The Labute approximate surface area is 191 Å². The lowest BCUT2D eigenvalue weighted by atomic mass is 10.0. The maximum absolute atomic E-state index is 12.0. The first-order valence-electron chi connectivity index (χ1n) is 8.86. The van der Waals surface area contributed by atoms with Crippen molar-refractivity contribution in [3.63, 3.8) is 0 Å². The van der Waals surface area contributed by atoms with E-state index in [4.69, 9.17) is 9.47 Å². The normalized spacial score (nSPS) is 9.14. The molecule has 2 aromatic carbocycles. The highest BCUT2D eigenvalue weighted by Crippen LogP contribution is 2.23. The maximum Gasteiger partial charge on any atom is 0.338 e. The number of carbonyl (C=O) groups is 2. The standard InChI is InChI=1S/C22H24O4.CH4.HI.H3N/c1-3-5-6-7-16-25-22(24)19-10-8-17(9-11-19)18-12-14-20(15-13-18)26-21(23)4-2;;;/h4,8-15H,2-3,5-7,16H2,1H3;1H4;1H;1H3. The van der Waals surface area contributed by atoms with E-state index in [0.717, 1.165) is 42.9 Å². The smallest absolute Gasteiger partial charge is 0.338 e. The van der Waals surface area contributed by atoms with Gasteiger partial charge in [-0.1, -0.05) is 64.5 Å². The minimum Gasteiger partial charge on any atom is -0.462 e. The van der Waals surface area contributed by atoms with Crippen molar-refractivity contribution in [2.24, 2.45) is 0 Å². The molecule has 0 atom stereocenters. The Bertz CT molecular complexity index is 742. The van der Waals surface area contributed by atoms with Gasteiger partial charge >= 0.3 is 11.9 Å². The van der Waals surface area contributed by atoms with Crippen LogP contribution in [0.3, 0.4) is 0 Å². The second-order valence-corrected chi connectivity index (χ2v) is 5.92. The molecule has 0 bridgehead atoms. The van der Waals surface area contributed by atoms with Crippen LogP contribution in [0.25, 0.3) is 11.1 Å². The zero-order valence-corrected chi connectivity index (χ0v) is 18.5. The molecule has 0 heterocycles. The van der Waals surface area contributed by atoms with Crippen molar-refractivity contribution in [1.29, 1.82) is 0 Å². The van der Waals surface area contributed by atoms with Gasteiger partial charge in [0.15, 0.2) is 0 Å². The summed E-state index contributed by atoms with van der Waals surface area (Å²) >= 11 is 0. The molecule has 5 nitrogen and oxygen atoms in total. The van der Waals surface area contributed by atoms with Crippen LogP contribution in [-0.2, 0) is 9.53 Å². The number of hydrogen-bond acceptors (Lipinski definition) is 5. The van der Waals surface area contributed by atoms with Crippen LogP contribution in [0.2, 0.25) is 0 Å². The fraction of sp³-hybridized carbons (Fsp3) is 0.304. The number of carbonyl (C=O) groups excluding carboxylic acids is 2. The number of benzene rings is 2. The number of halogens is 1. The number of unbranched alkanes of at least 4 members (excludes halogenated alkanes) is 3. The molecule has 160 valence electrons. The molecule has 2 rings (SSSR count). The third kappa shape index (κ3) is 9.71. The van der Waals surface area contributed by atoms with Gasteiger partial charge in [-0.3, -0.25) is 0 Å². The number of hydrogen-bond donors (Lipinski definition) is 1. The van der Waals surface area contributed by atoms with Crippen LogP contribution in [0.1, 0.15) is 50.4 Å². The third-order valence-electron chi connectivity index (χ3n) is 3.92. The summed E-state index contributed by atoms with van der Waals surface area (Å²) in [4.78, 5) is 23.2. The first kappa shape index (κ1) is 29.0. The van der Waals surface area contributed by atoms with Gasteiger partial charge in [0.25, 0.3) is 0 Å². The predicted octanol–water partition coefficient (Wildman–Crippen LogP) is 6.60. The molecule has 0 aliphatic carbocycles. The van der Waals surface area contributed by atoms with Crippen LogP contribution in [0.4, 0.5) is 0 Å². The molecular weight excluding hydrogens is 481 g/mol. The Morgan fingerprint density at radius 1 is 0.931 bits per heavy atom. The molecule has 0 saturated heterocycles. The largest absolute Gasteiger partial charge is 0.462 e. The highest BCUT2D eigenvalue weighted by molar-refractivity contribution is 14.0. The van der Waals surface area contributed by atoms with Gasteiger partial charge in [-0.05, 0) is 41.8 Å². The van der Waals surface area contributed by atoms with Gasteiger partial charge in [0.1, 0.15) is 5.75 Å². The van der Waals surface area contributed by atoms with Crippen molar-refractivity contribution in [1.82, 2.24) is 6.15 Å². The van der Waals surface area contributed by atoms with Crippen molar-refractivity contribution >= 4 is 35.9 Å². The van der Waals surface area contributed by atoms with Crippen LogP contribution in [0, 0.1) is 0 Å². The quantitative estimate of drug-likeness (QED) is 0.134. The van der Waals surface area contributed by atoms with Crippen LogP contribution in [0.5, 0.6) is 5.75 Å². The Balaban J connectivity index is 0. The summed E-state index contributed by atoms with van der Waals surface area (Å²) in [6, 6.07) is 14.4. The molecule has 0 amide bonds. The SMILES string of the molecule is C.C=CC(=O)Oc1ccc(-c2ccc(C(=O)OCCCCCC)cc2)cc1.I.N. The summed E-state index contributed by atoms with van der Waals surface area (Å²) in [5.74, 6) is -0.322. The molecule has 0 radical (unpaired) electrons. The molecule has 0 aliphatic rings. The lowest BCUT2D eigenvalue weighted by Crippen LogP contribution is -2.06. The monoisotopic (exact) mass is 513 g/mol. The van der Waals surface area contributed by atoms with E-state index in [0.29, 0.717) is 17.9 Å². The van der Waals surface area contributed by atoms with Gasteiger partial charge < -0.3 is 15.6 Å². The first-order valence-corrected chi connectivity index (χ1v) is 8.86. The highest BCUT2D eigenvalue weighted by atomic mass is 127. The van der Waals surface area contributed by atoms with E-state index in [9.17, 15) is 9.59 Å². The van der Waals surface area contributed by atoms with Gasteiger partial charge in [-0.15, -0.1) is 24.0 Å². The van der Waals surface area contributed by atoms with E-state index in [1.165, 1.54) is 0 Å². The van der Waals surface area contributed by atoms with Gasteiger partial charge in [0.05, 0.1) is 12.2 Å². The van der Waals surface area contributed by atoms with Crippen molar-refractivity contribution < 1.29 is 19.1 Å². The highest BCUT2D eigenvalue weighted by Gasteiger charge is 2.08. The van der Waals surface area contributed by atoms with Crippen LogP contribution in [-0.4, -0.2) is 18.5 Å². The van der Waals surface area contributed by atoms with Crippen molar-refractivity contribution in [3.8, 4) is 16.9 Å². The van der Waals surface area contributed by atoms with E-state index in [-0.39, 0.29) is 43.5 Å². The zero-order chi connectivity index (χ0) is 18.8. The minimum atomic E-state index is -0.490. The van der Waals surface area contributed by atoms with E-state index < -0.39 is 5.97 Å². The van der Waals surface area contributed by atoms with Gasteiger partial charge in [-0.25, -0.2) is 9.59 Å². The molecular formula is C23H32INO4. The summed E-state index contributed by atoms with van der Waals surface area (Å²) in [7, 11) is 0. The first-order chi connectivity index (χ1) is 12.6. The lowest BCUT2D eigenvalue weighted by Gasteiger charge is -2.07. The van der Waals surface area contributed by atoms with Gasteiger partial charge in [0, 0.05) is 6.08 Å². The third-order valence-corrected chi connectivity index (χ3v) is 3.92. The van der Waals surface area contributed by atoms with Gasteiger partial charge in [0.2, 0.25) is 0 Å². The Hall–Kier alpha value is -2.19. The lowest BCUT2D eigenvalue weighted by molar-refractivity contribution is -0.128. The van der Waals surface area contributed by atoms with Gasteiger partial charge in [-0.2, -0.15) is 0 Å². The average Bonchev–Trinajstić information content (AvgIpc) is 2.68.